The van der Waals surface area contributed by atoms with Crippen molar-refractivity contribution in [1.29, 1.82) is 0 Å². The SMILES string of the molecule is Cc1cc(C)cc(C(=O)OCC(=O)NC2CCS(=O)(=O)C2)c1. The van der Waals surface area contributed by atoms with E-state index in [1.54, 1.807) is 12.1 Å². The number of aryl methyl sites for hydroxylation is 2. The quantitative estimate of drug-likeness (QED) is 0.826. The van der Waals surface area contributed by atoms with Crippen molar-refractivity contribution < 1.29 is 22.7 Å². The van der Waals surface area contributed by atoms with E-state index in [1.165, 1.54) is 0 Å². The number of rotatable bonds is 4. The maximum absolute atomic E-state index is 11.9. The Hall–Kier alpha value is -1.89. The summed E-state index contributed by atoms with van der Waals surface area (Å²) in [6.07, 6.45) is 0.402. The zero-order chi connectivity index (χ0) is 16.3. The molecule has 0 aliphatic carbocycles. The van der Waals surface area contributed by atoms with Crippen LogP contribution in [0.5, 0.6) is 0 Å². The van der Waals surface area contributed by atoms with Gasteiger partial charge in [-0.2, -0.15) is 0 Å². The van der Waals surface area contributed by atoms with Gasteiger partial charge in [-0.3, -0.25) is 4.79 Å². The highest BCUT2D eigenvalue weighted by Crippen LogP contribution is 2.12. The second kappa shape index (κ2) is 6.48. The van der Waals surface area contributed by atoms with Gasteiger partial charge in [-0.15, -0.1) is 0 Å². The van der Waals surface area contributed by atoms with Gasteiger partial charge in [0.1, 0.15) is 0 Å². The Morgan fingerprint density at radius 2 is 1.86 bits per heavy atom. The van der Waals surface area contributed by atoms with E-state index < -0.39 is 34.4 Å². The maximum Gasteiger partial charge on any atom is 0.338 e. The lowest BCUT2D eigenvalue weighted by Crippen LogP contribution is -2.38. The average Bonchev–Trinajstić information content (AvgIpc) is 2.74. The fourth-order valence-corrected chi connectivity index (χ4v) is 4.16. The van der Waals surface area contributed by atoms with Crippen molar-refractivity contribution in [3.8, 4) is 0 Å². The average molecular weight is 325 g/mol. The van der Waals surface area contributed by atoms with E-state index in [2.05, 4.69) is 5.32 Å². The fraction of sp³-hybridized carbons (Fsp3) is 0.467. The maximum atomic E-state index is 11.9. The number of ether oxygens (including phenoxy) is 1. The van der Waals surface area contributed by atoms with Crippen molar-refractivity contribution in [2.45, 2.75) is 26.3 Å². The molecule has 1 amide bonds. The Kier molecular flexibility index (Phi) is 4.85. The van der Waals surface area contributed by atoms with Crippen LogP contribution in [0.15, 0.2) is 18.2 Å². The van der Waals surface area contributed by atoms with Crippen LogP contribution in [-0.2, 0) is 19.4 Å². The topological polar surface area (TPSA) is 89.5 Å². The van der Waals surface area contributed by atoms with Crippen LogP contribution in [0.1, 0.15) is 27.9 Å². The monoisotopic (exact) mass is 325 g/mol. The summed E-state index contributed by atoms with van der Waals surface area (Å²) in [5.41, 5.74) is 2.27. The summed E-state index contributed by atoms with van der Waals surface area (Å²) in [7, 11) is -3.05. The number of carbonyl (C=O) groups excluding carboxylic acids is 2. The molecular weight excluding hydrogens is 306 g/mol. The van der Waals surface area contributed by atoms with E-state index in [-0.39, 0.29) is 11.5 Å². The van der Waals surface area contributed by atoms with Crippen LogP contribution in [0.4, 0.5) is 0 Å². The predicted octanol–water partition coefficient (Wildman–Crippen LogP) is 0.764. The Bertz CT molecular complexity index is 676. The van der Waals surface area contributed by atoms with Crippen LogP contribution in [-0.4, -0.2) is 44.4 Å². The van der Waals surface area contributed by atoms with Crippen molar-refractivity contribution in [2.75, 3.05) is 18.1 Å². The van der Waals surface area contributed by atoms with E-state index in [1.807, 2.05) is 19.9 Å². The van der Waals surface area contributed by atoms with Crippen molar-refractivity contribution in [3.63, 3.8) is 0 Å². The molecule has 0 bridgehead atoms. The molecular formula is C15H19NO5S. The molecule has 1 aliphatic rings. The van der Waals surface area contributed by atoms with Crippen molar-refractivity contribution in [2.24, 2.45) is 0 Å². The summed E-state index contributed by atoms with van der Waals surface area (Å²) in [5, 5.41) is 2.57. The number of carbonyl (C=O) groups is 2. The van der Waals surface area contributed by atoms with Crippen LogP contribution >= 0.6 is 0 Å². The molecule has 0 spiro atoms. The van der Waals surface area contributed by atoms with Crippen LogP contribution in [0, 0.1) is 13.8 Å². The first-order chi connectivity index (χ1) is 10.2. The minimum Gasteiger partial charge on any atom is -0.452 e. The van der Waals surface area contributed by atoms with Crippen LogP contribution in [0.2, 0.25) is 0 Å². The molecule has 1 saturated heterocycles. The number of hydrogen-bond acceptors (Lipinski definition) is 5. The first kappa shape index (κ1) is 16.5. The Morgan fingerprint density at radius 1 is 1.23 bits per heavy atom. The summed E-state index contributed by atoms with van der Waals surface area (Å²) in [5.74, 6) is -1.02. The van der Waals surface area contributed by atoms with Crippen LogP contribution < -0.4 is 5.32 Å². The molecule has 1 N–H and O–H groups in total. The normalized spacial score (nSPS) is 19.6. The molecule has 7 heteroatoms. The minimum atomic E-state index is -3.05. The lowest BCUT2D eigenvalue weighted by molar-refractivity contribution is -0.124. The predicted molar refractivity (Wildman–Crippen MR) is 81.4 cm³/mol. The van der Waals surface area contributed by atoms with E-state index in [9.17, 15) is 18.0 Å². The summed E-state index contributed by atoms with van der Waals surface area (Å²) in [6, 6.07) is 4.93. The highest BCUT2D eigenvalue weighted by molar-refractivity contribution is 7.91. The second-order valence-corrected chi connectivity index (χ2v) is 7.85. The molecule has 1 aromatic rings. The van der Waals surface area contributed by atoms with Gasteiger partial charge >= 0.3 is 5.97 Å². The van der Waals surface area contributed by atoms with E-state index in [0.29, 0.717) is 12.0 Å². The molecule has 0 saturated carbocycles. The Balaban J connectivity index is 1.84. The van der Waals surface area contributed by atoms with E-state index in [0.717, 1.165) is 11.1 Å². The van der Waals surface area contributed by atoms with Crippen LogP contribution in [0.3, 0.4) is 0 Å². The third-order valence-electron chi connectivity index (χ3n) is 3.39. The van der Waals surface area contributed by atoms with Gasteiger partial charge in [-0.1, -0.05) is 17.2 Å². The summed E-state index contributed by atoms with van der Waals surface area (Å²) in [6.45, 7) is 3.33. The number of amides is 1. The highest BCUT2D eigenvalue weighted by atomic mass is 32.2. The fourth-order valence-electron chi connectivity index (χ4n) is 2.49. The molecule has 22 heavy (non-hydrogen) atoms. The third-order valence-corrected chi connectivity index (χ3v) is 5.16. The van der Waals surface area contributed by atoms with Gasteiger partial charge in [0.05, 0.1) is 17.1 Å². The van der Waals surface area contributed by atoms with Gasteiger partial charge in [0.25, 0.3) is 5.91 Å². The van der Waals surface area contributed by atoms with E-state index >= 15 is 0 Å². The molecule has 1 unspecified atom stereocenters. The standard InChI is InChI=1S/C15H19NO5S/c1-10-5-11(2)7-12(6-10)15(18)21-8-14(17)16-13-3-4-22(19,20)9-13/h5-7,13H,3-4,8-9H2,1-2H3,(H,16,17). The molecule has 1 aromatic carbocycles. The Morgan fingerprint density at radius 3 is 2.41 bits per heavy atom. The molecule has 120 valence electrons. The number of esters is 1. The largest absolute Gasteiger partial charge is 0.452 e. The summed E-state index contributed by atoms with van der Waals surface area (Å²) >= 11 is 0. The highest BCUT2D eigenvalue weighted by Gasteiger charge is 2.29. The van der Waals surface area contributed by atoms with Crippen LogP contribution in [0.25, 0.3) is 0 Å². The van der Waals surface area contributed by atoms with Gasteiger partial charge < -0.3 is 10.1 Å². The molecule has 2 rings (SSSR count). The first-order valence-corrected chi connectivity index (χ1v) is 8.82. The zero-order valence-electron chi connectivity index (χ0n) is 12.6. The number of hydrogen-bond donors (Lipinski definition) is 1. The molecule has 6 nitrogen and oxygen atoms in total. The molecule has 0 aromatic heterocycles. The molecule has 1 atom stereocenters. The summed E-state index contributed by atoms with van der Waals surface area (Å²) in [4.78, 5) is 23.6. The number of benzene rings is 1. The third kappa shape index (κ3) is 4.56. The number of sulfone groups is 1. The van der Waals surface area contributed by atoms with Gasteiger partial charge in [-0.25, -0.2) is 13.2 Å². The van der Waals surface area contributed by atoms with Gasteiger partial charge in [0.15, 0.2) is 16.4 Å². The van der Waals surface area contributed by atoms with Gasteiger partial charge in [-0.05, 0) is 32.4 Å². The molecule has 1 aliphatic heterocycles. The lowest BCUT2D eigenvalue weighted by Gasteiger charge is -2.11. The summed E-state index contributed by atoms with van der Waals surface area (Å²) < 4.78 is 27.6. The Labute approximate surface area is 129 Å². The molecule has 1 fully saturated rings. The molecule has 0 radical (unpaired) electrons. The number of nitrogens with one attached hydrogen (secondary N) is 1. The second-order valence-electron chi connectivity index (χ2n) is 5.62. The van der Waals surface area contributed by atoms with Crippen molar-refractivity contribution >= 4 is 21.7 Å². The zero-order valence-corrected chi connectivity index (χ0v) is 13.4. The van der Waals surface area contributed by atoms with Gasteiger partial charge in [0.2, 0.25) is 0 Å². The first-order valence-electron chi connectivity index (χ1n) is 7.00. The van der Waals surface area contributed by atoms with Gasteiger partial charge in [0, 0.05) is 6.04 Å². The molecule has 1 heterocycles. The lowest BCUT2D eigenvalue weighted by atomic mass is 10.1. The van der Waals surface area contributed by atoms with Crippen molar-refractivity contribution in [3.05, 3.63) is 34.9 Å². The van der Waals surface area contributed by atoms with Crippen molar-refractivity contribution in [1.82, 2.24) is 5.32 Å². The minimum absolute atomic E-state index is 0.0518. The van der Waals surface area contributed by atoms with E-state index in [4.69, 9.17) is 4.74 Å². The smallest absolute Gasteiger partial charge is 0.338 e.